The maximum absolute atomic E-state index is 12.3. The number of rotatable bonds is 7. The minimum Gasteiger partial charge on any atom is -0.497 e. The summed E-state index contributed by atoms with van der Waals surface area (Å²) in [4.78, 5) is 35.2. The van der Waals surface area contributed by atoms with Gasteiger partial charge in [0.25, 0.3) is 5.91 Å². The summed E-state index contributed by atoms with van der Waals surface area (Å²) in [5.41, 5.74) is 5.82. The van der Waals surface area contributed by atoms with Gasteiger partial charge in [0.2, 0.25) is 11.8 Å². The first kappa shape index (κ1) is 16.8. The second kappa shape index (κ2) is 7.59. The molecule has 1 saturated carbocycles. The number of hydrogen-bond donors (Lipinski definition) is 4. The zero-order valence-corrected chi connectivity index (χ0v) is 12.8. The molecule has 1 aliphatic carbocycles. The van der Waals surface area contributed by atoms with E-state index in [1.807, 2.05) is 0 Å². The van der Waals surface area contributed by atoms with Crippen LogP contribution in [-0.2, 0) is 9.59 Å². The first-order valence-electron chi connectivity index (χ1n) is 7.29. The molecule has 0 aliphatic heterocycles. The fourth-order valence-corrected chi connectivity index (χ4v) is 1.88. The monoisotopic (exact) mass is 320 g/mol. The molecule has 0 bridgehead atoms. The quantitative estimate of drug-likeness (QED) is 0.544. The summed E-state index contributed by atoms with van der Waals surface area (Å²) < 4.78 is 5.12. The van der Waals surface area contributed by atoms with Gasteiger partial charge in [-0.15, -0.1) is 0 Å². The molecule has 1 fully saturated rings. The van der Waals surface area contributed by atoms with Crippen molar-refractivity contribution in [3.05, 3.63) is 23.8 Å². The molecule has 0 atom stereocenters. The molecule has 0 spiro atoms. The van der Waals surface area contributed by atoms with Crippen LogP contribution in [0.1, 0.15) is 23.2 Å². The topological polar surface area (TPSA) is 123 Å². The maximum Gasteiger partial charge on any atom is 0.253 e. The van der Waals surface area contributed by atoms with E-state index in [4.69, 9.17) is 10.5 Å². The van der Waals surface area contributed by atoms with Crippen molar-refractivity contribution in [2.24, 2.45) is 5.73 Å². The standard InChI is InChI=1S/C15H20N4O4/c1-23-10-4-5-12(19-14(21)8-17-13(20)7-16)11(6-10)15(22)18-9-2-3-9/h4-6,9H,2-3,7-8,16H2,1H3,(H,17,20)(H,18,22)(H,19,21). The largest absolute Gasteiger partial charge is 0.497 e. The minimum atomic E-state index is -0.447. The zero-order valence-electron chi connectivity index (χ0n) is 12.8. The van der Waals surface area contributed by atoms with Crippen LogP contribution < -0.4 is 26.4 Å². The molecule has 8 nitrogen and oxygen atoms in total. The molecule has 1 aliphatic rings. The van der Waals surface area contributed by atoms with E-state index in [0.717, 1.165) is 12.8 Å². The molecule has 1 aromatic carbocycles. The third kappa shape index (κ3) is 4.96. The van der Waals surface area contributed by atoms with E-state index < -0.39 is 11.8 Å². The number of carbonyl (C=O) groups excluding carboxylic acids is 3. The Morgan fingerprint density at radius 2 is 2.00 bits per heavy atom. The SMILES string of the molecule is COc1ccc(NC(=O)CNC(=O)CN)c(C(=O)NC2CC2)c1. The molecule has 3 amide bonds. The Kier molecular flexibility index (Phi) is 5.53. The van der Waals surface area contributed by atoms with E-state index in [1.165, 1.54) is 7.11 Å². The molecule has 0 saturated heterocycles. The predicted octanol–water partition coefficient (Wildman–Crippen LogP) is -0.399. The van der Waals surface area contributed by atoms with Gasteiger partial charge in [0, 0.05) is 6.04 Å². The lowest BCUT2D eigenvalue weighted by Crippen LogP contribution is -2.37. The lowest BCUT2D eigenvalue weighted by molar-refractivity contribution is -0.123. The highest BCUT2D eigenvalue weighted by atomic mass is 16.5. The van der Waals surface area contributed by atoms with Gasteiger partial charge in [-0.3, -0.25) is 14.4 Å². The Hall–Kier alpha value is -2.61. The summed E-state index contributed by atoms with van der Waals surface area (Å²) in [6.45, 7) is -0.406. The molecule has 23 heavy (non-hydrogen) atoms. The smallest absolute Gasteiger partial charge is 0.253 e. The normalized spacial score (nSPS) is 13.1. The molecule has 0 heterocycles. The number of benzene rings is 1. The molecule has 8 heteroatoms. The molecule has 2 rings (SSSR count). The molecular weight excluding hydrogens is 300 g/mol. The predicted molar refractivity (Wildman–Crippen MR) is 84.2 cm³/mol. The zero-order chi connectivity index (χ0) is 16.8. The number of ether oxygens (including phenoxy) is 1. The van der Waals surface area contributed by atoms with Crippen LogP contribution in [0.2, 0.25) is 0 Å². The number of carbonyl (C=O) groups is 3. The Balaban J connectivity index is 2.08. The molecule has 124 valence electrons. The van der Waals surface area contributed by atoms with E-state index in [9.17, 15) is 14.4 Å². The summed E-state index contributed by atoms with van der Waals surface area (Å²) in [5.74, 6) is -0.632. The average Bonchev–Trinajstić information content (AvgIpc) is 3.36. The lowest BCUT2D eigenvalue weighted by Gasteiger charge is -2.13. The Labute approximate surface area is 133 Å². The van der Waals surface area contributed by atoms with Crippen LogP contribution in [0.25, 0.3) is 0 Å². The molecule has 5 N–H and O–H groups in total. The van der Waals surface area contributed by atoms with Gasteiger partial charge in [-0.05, 0) is 31.0 Å². The second-order valence-electron chi connectivity index (χ2n) is 5.19. The van der Waals surface area contributed by atoms with Crippen LogP contribution in [0, 0.1) is 0 Å². The first-order chi connectivity index (χ1) is 11.0. The number of amides is 3. The number of methoxy groups -OCH3 is 1. The molecule has 0 aromatic heterocycles. The van der Waals surface area contributed by atoms with Crippen molar-refractivity contribution in [2.75, 3.05) is 25.5 Å². The summed E-state index contributed by atoms with van der Waals surface area (Å²) >= 11 is 0. The van der Waals surface area contributed by atoms with Crippen molar-refractivity contribution < 1.29 is 19.1 Å². The van der Waals surface area contributed by atoms with E-state index in [0.29, 0.717) is 17.0 Å². The van der Waals surface area contributed by atoms with Crippen LogP contribution in [0.5, 0.6) is 5.75 Å². The Morgan fingerprint density at radius 1 is 1.26 bits per heavy atom. The number of nitrogens with two attached hydrogens (primary N) is 1. The van der Waals surface area contributed by atoms with Crippen LogP contribution in [-0.4, -0.2) is 44.0 Å². The number of anilines is 1. The van der Waals surface area contributed by atoms with E-state index in [-0.39, 0.29) is 25.0 Å². The summed E-state index contributed by atoms with van der Waals surface area (Å²) in [7, 11) is 1.50. The van der Waals surface area contributed by atoms with Crippen molar-refractivity contribution >= 4 is 23.4 Å². The molecule has 0 radical (unpaired) electrons. The third-order valence-corrected chi connectivity index (χ3v) is 3.29. The van der Waals surface area contributed by atoms with Gasteiger partial charge < -0.3 is 26.4 Å². The van der Waals surface area contributed by atoms with E-state index in [1.54, 1.807) is 18.2 Å². The summed E-state index contributed by atoms with van der Waals surface area (Å²) in [5, 5.41) is 7.83. The van der Waals surface area contributed by atoms with Gasteiger partial charge in [0.1, 0.15) is 5.75 Å². The average molecular weight is 320 g/mol. The highest BCUT2D eigenvalue weighted by Gasteiger charge is 2.25. The van der Waals surface area contributed by atoms with Crippen molar-refractivity contribution in [2.45, 2.75) is 18.9 Å². The van der Waals surface area contributed by atoms with Crippen molar-refractivity contribution in [1.29, 1.82) is 0 Å². The Bertz CT molecular complexity index is 613. The van der Waals surface area contributed by atoms with Crippen LogP contribution in [0.4, 0.5) is 5.69 Å². The minimum absolute atomic E-state index is 0.190. The van der Waals surface area contributed by atoms with Crippen molar-refractivity contribution in [3.8, 4) is 5.75 Å². The molecule has 1 aromatic rings. The van der Waals surface area contributed by atoms with Crippen molar-refractivity contribution in [1.82, 2.24) is 10.6 Å². The number of nitrogens with one attached hydrogen (secondary N) is 3. The third-order valence-electron chi connectivity index (χ3n) is 3.29. The van der Waals surface area contributed by atoms with Crippen molar-refractivity contribution in [3.63, 3.8) is 0 Å². The number of hydrogen-bond acceptors (Lipinski definition) is 5. The fourth-order valence-electron chi connectivity index (χ4n) is 1.88. The van der Waals surface area contributed by atoms with E-state index >= 15 is 0 Å². The molecular formula is C15H20N4O4. The summed E-state index contributed by atoms with van der Waals surface area (Å²) in [6, 6.07) is 4.98. The summed E-state index contributed by atoms with van der Waals surface area (Å²) in [6.07, 6.45) is 1.92. The second-order valence-corrected chi connectivity index (χ2v) is 5.19. The lowest BCUT2D eigenvalue weighted by atomic mass is 10.1. The van der Waals surface area contributed by atoms with Gasteiger partial charge in [-0.25, -0.2) is 0 Å². The van der Waals surface area contributed by atoms with E-state index in [2.05, 4.69) is 16.0 Å². The fraction of sp³-hybridized carbons (Fsp3) is 0.400. The Morgan fingerprint density at radius 3 is 2.61 bits per heavy atom. The van der Waals surface area contributed by atoms with Crippen LogP contribution >= 0.6 is 0 Å². The van der Waals surface area contributed by atoms with Gasteiger partial charge in [0.15, 0.2) is 0 Å². The van der Waals surface area contributed by atoms with Gasteiger partial charge in [-0.2, -0.15) is 0 Å². The van der Waals surface area contributed by atoms with Gasteiger partial charge in [0.05, 0.1) is 31.5 Å². The maximum atomic E-state index is 12.3. The van der Waals surface area contributed by atoms with Crippen LogP contribution in [0.15, 0.2) is 18.2 Å². The van der Waals surface area contributed by atoms with Crippen LogP contribution in [0.3, 0.4) is 0 Å². The molecule has 0 unspecified atom stereocenters. The highest BCUT2D eigenvalue weighted by molar-refractivity contribution is 6.05. The van der Waals surface area contributed by atoms with Gasteiger partial charge >= 0.3 is 0 Å². The highest BCUT2D eigenvalue weighted by Crippen LogP contribution is 2.24. The van der Waals surface area contributed by atoms with Gasteiger partial charge in [-0.1, -0.05) is 0 Å². The first-order valence-corrected chi connectivity index (χ1v) is 7.29.